The number of carbonyl (C=O) groups is 5. The number of nitrogens with one attached hydrogen (secondary N) is 2. The lowest BCUT2D eigenvalue weighted by atomic mass is 10.1. The lowest BCUT2D eigenvalue weighted by molar-refractivity contribution is -0.132. The van der Waals surface area contributed by atoms with E-state index in [-0.39, 0.29) is 12.8 Å². The maximum Gasteiger partial charge on any atom is 0.410 e. The highest BCUT2D eigenvalue weighted by Crippen LogP contribution is 2.21. The molecule has 5 amide bonds. The average molecular weight is 399 g/mol. The van der Waals surface area contributed by atoms with Gasteiger partial charge in [-0.25, -0.2) is 4.79 Å². The minimum atomic E-state index is -1.10. The highest BCUT2D eigenvalue weighted by Gasteiger charge is 2.38. The summed E-state index contributed by atoms with van der Waals surface area (Å²) in [5.74, 6) is -2.61. The Kier molecular flexibility index (Phi) is 8.20. The van der Waals surface area contributed by atoms with Crippen molar-refractivity contribution < 1.29 is 28.7 Å². The third-order valence-electron chi connectivity index (χ3n) is 3.93. The van der Waals surface area contributed by atoms with E-state index in [0.29, 0.717) is 19.4 Å². The van der Waals surface area contributed by atoms with Crippen molar-refractivity contribution >= 4 is 29.7 Å². The molecule has 11 nitrogen and oxygen atoms in total. The van der Waals surface area contributed by atoms with E-state index < -0.39 is 54.0 Å². The zero-order valence-electron chi connectivity index (χ0n) is 16.4. The largest absolute Gasteiger partial charge is 0.444 e. The van der Waals surface area contributed by atoms with Crippen LogP contribution >= 0.6 is 0 Å². The summed E-state index contributed by atoms with van der Waals surface area (Å²) in [7, 11) is 0. The van der Waals surface area contributed by atoms with Crippen LogP contribution in [-0.4, -0.2) is 65.4 Å². The van der Waals surface area contributed by atoms with Crippen LogP contribution in [-0.2, 0) is 23.9 Å². The molecule has 0 aliphatic carbocycles. The number of nitrogens with zero attached hydrogens (tertiary/aromatic N) is 1. The molecule has 0 aromatic carbocycles. The Bertz CT molecular complexity index is 630. The monoisotopic (exact) mass is 399 g/mol. The molecule has 0 saturated carbocycles. The van der Waals surface area contributed by atoms with E-state index in [1.165, 1.54) is 4.90 Å². The molecule has 0 radical (unpaired) electrons. The molecule has 2 atom stereocenters. The Balaban J connectivity index is 2.81. The van der Waals surface area contributed by atoms with Crippen LogP contribution in [0.3, 0.4) is 0 Å². The SMILES string of the molecule is CC(C)(C)OC(=O)N1CCCC1C(=O)NC(CCC(N)=O)C(=O)NCC(N)=O. The molecule has 1 rings (SSSR count). The third kappa shape index (κ3) is 7.80. The maximum atomic E-state index is 12.7. The number of primary amides is 2. The van der Waals surface area contributed by atoms with E-state index in [0.717, 1.165) is 0 Å². The number of hydrogen-bond donors (Lipinski definition) is 4. The van der Waals surface area contributed by atoms with Crippen LogP contribution in [0, 0.1) is 0 Å². The van der Waals surface area contributed by atoms with Gasteiger partial charge in [-0.15, -0.1) is 0 Å². The first-order valence-electron chi connectivity index (χ1n) is 9.05. The van der Waals surface area contributed by atoms with E-state index in [1.54, 1.807) is 20.8 Å². The minimum absolute atomic E-state index is 0.0508. The summed E-state index contributed by atoms with van der Waals surface area (Å²) in [6.45, 7) is 5.11. The van der Waals surface area contributed by atoms with Gasteiger partial charge < -0.3 is 26.8 Å². The van der Waals surface area contributed by atoms with Crippen LogP contribution < -0.4 is 22.1 Å². The number of likely N-dealkylation sites (tertiary alicyclic amines) is 1. The molecule has 0 bridgehead atoms. The van der Waals surface area contributed by atoms with Gasteiger partial charge in [0.15, 0.2) is 0 Å². The second-order valence-electron chi connectivity index (χ2n) is 7.58. The normalized spacial score (nSPS) is 17.5. The number of ether oxygens (including phenoxy) is 1. The van der Waals surface area contributed by atoms with Gasteiger partial charge in [0.05, 0.1) is 6.54 Å². The molecule has 6 N–H and O–H groups in total. The van der Waals surface area contributed by atoms with Crippen molar-refractivity contribution in [3.8, 4) is 0 Å². The predicted octanol–water partition coefficient (Wildman–Crippen LogP) is -1.26. The fourth-order valence-electron chi connectivity index (χ4n) is 2.70. The molecule has 11 heteroatoms. The van der Waals surface area contributed by atoms with Crippen LogP contribution in [0.4, 0.5) is 4.79 Å². The van der Waals surface area contributed by atoms with E-state index in [9.17, 15) is 24.0 Å². The molecule has 1 aliphatic heterocycles. The second kappa shape index (κ2) is 9.90. The molecule has 158 valence electrons. The number of rotatable bonds is 8. The summed E-state index contributed by atoms with van der Waals surface area (Å²) in [4.78, 5) is 60.4. The van der Waals surface area contributed by atoms with Gasteiger partial charge in [0.25, 0.3) is 0 Å². The van der Waals surface area contributed by atoms with Gasteiger partial charge in [-0.1, -0.05) is 0 Å². The second-order valence-corrected chi connectivity index (χ2v) is 7.58. The first kappa shape index (κ1) is 23.2. The van der Waals surface area contributed by atoms with E-state index >= 15 is 0 Å². The molecule has 28 heavy (non-hydrogen) atoms. The van der Waals surface area contributed by atoms with Crippen LogP contribution in [0.15, 0.2) is 0 Å². The van der Waals surface area contributed by atoms with Crippen LogP contribution in [0.2, 0.25) is 0 Å². The van der Waals surface area contributed by atoms with Crippen LogP contribution in [0.5, 0.6) is 0 Å². The molecule has 1 heterocycles. The molecule has 2 unspecified atom stereocenters. The molecule has 0 aromatic heterocycles. The van der Waals surface area contributed by atoms with Crippen molar-refractivity contribution in [2.24, 2.45) is 11.5 Å². The Morgan fingerprint density at radius 3 is 2.32 bits per heavy atom. The van der Waals surface area contributed by atoms with E-state index in [2.05, 4.69) is 10.6 Å². The summed E-state index contributed by atoms with van der Waals surface area (Å²) in [6, 6.07) is -1.89. The van der Waals surface area contributed by atoms with E-state index in [4.69, 9.17) is 16.2 Å². The van der Waals surface area contributed by atoms with Gasteiger partial charge in [0, 0.05) is 13.0 Å². The van der Waals surface area contributed by atoms with Crippen molar-refractivity contribution in [2.75, 3.05) is 13.1 Å². The van der Waals surface area contributed by atoms with Gasteiger partial charge in [-0.2, -0.15) is 0 Å². The zero-order valence-corrected chi connectivity index (χ0v) is 16.4. The summed E-state index contributed by atoms with van der Waals surface area (Å²) >= 11 is 0. The Labute approximate surface area is 163 Å². The average Bonchev–Trinajstić information content (AvgIpc) is 3.04. The number of hydrogen-bond acceptors (Lipinski definition) is 6. The summed E-state index contributed by atoms with van der Waals surface area (Å²) in [5.41, 5.74) is 9.39. The molecule has 0 spiro atoms. The Hall–Kier alpha value is -2.85. The predicted molar refractivity (Wildman–Crippen MR) is 98.5 cm³/mol. The maximum absolute atomic E-state index is 12.7. The van der Waals surface area contributed by atoms with Gasteiger partial charge in [0.2, 0.25) is 23.6 Å². The molecular weight excluding hydrogens is 370 g/mol. The summed E-state index contributed by atoms with van der Waals surface area (Å²) < 4.78 is 5.31. The lowest BCUT2D eigenvalue weighted by Gasteiger charge is -2.29. The lowest BCUT2D eigenvalue weighted by Crippen LogP contribution is -2.54. The standard InChI is InChI=1S/C17H29N5O6/c1-17(2,3)28-16(27)22-8-4-5-11(22)15(26)21-10(6-7-12(18)23)14(25)20-9-13(19)24/h10-11H,4-9H2,1-3H3,(H2,18,23)(H2,19,24)(H,20,25)(H,21,26). The molecule has 1 saturated heterocycles. The van der Waals surface area contributed by atoms with Crippen molar-refractivity contribution in [1.82, 2.24) is 15.5 Å². The highest BCUT2D eigenvalue weighted by molar-refractivity contribution is 5.93. The highest BCUT2D eigenvalue weighted by atomic mass is 16.6. The first-order chi connectivity index (χ1) is 12.9. The number of carbonyl (C=O) groups excluding carboxylic acids is 5. The molecule has 1 aliphatic rings. The molecule has 0 aromatic rings. The fraction of sp³-hybridized carbons (Fsp3) is 0.706. The van der Waals surface area contributed by atoms with Crippen molar-refractivity contribution in [3.05, 3.63) is 0 Å². The van der Waals surface area contributed by atoms with Crippen LogP contribution in [0.1, 0.15) is 46.5 Å². The van der Waals surface area contributed by atoms with Gasteiger partial charge >= 0.3 is 6.09 Å². The molecule has 1 fully saturated rings. The zero-order chi connectivity index (χ0) is 21.5. The van der Waals surface area contributed by atoms with Crippen molar-refractivity contribution in [1.29, 1.82) is 0 Å². The van der Waals surface area contributed by atoms with Gasteiger partial charge in [-0.3, -0.25) is 24.1 Å². The first-order valence-corrected chi connectivity index (χ1v) is 9.05. The Morgan fingerprint density at radius 2 is 1.79 bits per heavy atom. The third-order valence-corrected chi connectivity index (χ3v) is 3.93. The van der Waals surface area contributed by atoms with Crippen molar-refractivity contribution in [3.63, 3.8) is 0 Å². The summed E-state index contributed by atoms with van der Waals surface area (Å²) in [5, 5.41) is 4.81. The van der Waals surface area contributed by atoms with Crippen LogP contribution in [0.25, 0.3) is 0 Å². The van der Waals surface area contributed by atoms with Gasteiger partial charge in [-0.05, 0) is 40.0 Å². The molecular formula is C17H29N5O6. The van der Waals surface area contributed by atoms with Gasteiger partial charge in [0.1, 0.15) is 17.7 Å². The smallest absolute Gasteiger partial charge is 0.410 e. The number of nitrogens with two attached hydrogens (primary N) is 2. The topological polar surface area (TPSA) is 174 Å². The van der Waals surface area contributed by atoms with Crippen molar-refractivity contribution in [2.45, 2.75) is 64.1 Å². The summed E-state index contributed by atoms with van der Waals surface area (Å²) in [6.07, 6.45) is 0.213. The quantitative estimate of drug-likeness (QED) is 0.396. The number of amides is 5. The Morgan fingerprint density at radius 1 is 1.14 bits per heavy atom. The van der Waals surface area contributed by atoms with E-state index in [1.807, 2.05) is 0 Å². The fourth-order valence-corrected chi connectivity index (χ4v) is 2.70. The minimum Gasteiger partial charge on any atom is -0.444 e.